The van der Waals surface area contributed by atoms with Gasteiger partial charge in [0.1, 0.15) is 33.5 Å². The number of nitrogens with zero attached hydrogens (tertiary/aromatic N) is 4. The van der Waals surface area contributed by atoms with Crippen LogP contribution in [0, 0.1) is 11.6 Å². The first-order valence-electron chi connectivity index (χ1n) is 11.1. The molecule has 1 saturated heterocycles. The van der Waals surface area contributed by atoms with Crippen LogP contribution in [0.5, 0.6) is 0 Å². The lowest BCUT2D eigenvalue weighted by molar-refractivity contribution is 0.102. The summed E-state index contributed by atoms with van der Waals surface area (Å²) in [5.74, 6) is -1.19. The number of rotatable bonds is 5. The molecule has 2 unspecified atom stereocenters. The molecule has 34 heavy (non-hydrogen) atoms. The maximum Gasteiger partial charge on any atom is 0.277 e. The van der Waals surface area contributed by atoms with Gasteiger partial charge in [0.2, 0.25) is 0 Å². The average molecular weight is 492 g/mol. The van der Waals surface area contributed by atoms with E-state index in [1.807, 2.05) is 9.58 Å². The van der Waals surface area contributed by atoms with Crippen molar-refractivity contribution in [1.82, 2.24) is 14.8 Å². The summed E-state index contributed by atoms with van der Waals surface area (Å²) in [5, 5.41) is 7.45. The molecule has 8 nitrogen and oxygen atoms in total. The second-order valence-electron chi connectivity index (χ2n) is 8.61. The zero-order chi connectivity index (χ0) is 24.0. The Hall–Kier alpha value is -3.12. The SMILES string of the molecule is Nc1sc(-c2cc(F)ccc2F)nc1C(=O)Nc1cnn(C2CC2)c1N1CCC(N)C(F)CC1. The van der Waals surface area contributed by atoms with Gasteiger partial charge in [-0.3, -0.25) is 4.79 Å². The van der Waals surface area contributed by atoms with Gasteiger partial charge in [-0.15, -0.1) is 0 Å². The van der Waals surface area contributed by atoms with E-state index in [1.54, 1.807) is 6.20 Å². The molecule has 1 aliphatic carbocycles. The summed E-state index contributed by atoms with van der Waals surface area (Å²) in [6.07, 6.45) is 3.18. The molecular formula is C22H24F3N7OS. The van der Waals surface area contributed by atoms with E-state index in [0.29, 0.717) is 31.0 Å². The first-order chi connectivity index (χ1) is 16.3. The molecule has 2 aliphatic rings. The van der Waals surface area contributed by atoms with E-state index in [0.717, 1.165) is 42.4 Å². The molecule has 5 N–H and O–H groups in total. The van der Waals surface area contributed by atoms with Crippen LogP contribution in [0.15, 0.2) is 24.4 Å². The van der Waals surface area contributed by atoms with Gasteiger partial charge in [-0.05, 0) is 43.9 Å². The summed E-state index contributed by atoms with van der Waals surface area (Å²) in [7, 11) is 0. The van der Waals surface area contributed by atoms with Gasteiger partial charge in [-0.25, -0.2) is 22.8 Å². The Morgan fingerprint density at radius 1 is 1.18 bits per heavy atom. The molecule has 1 saturated carbocycles. The Morgan fingerprint density at radius 2 is 1.94 bits per heavy atom. The van der Waals surface area contributed by atoms with Gasteiger partial charge < -0.3 is 21.7 Å². The molecule has 180 valence electrons. The summed E-state index contributed by atoms with van der Waals surface area (Å²) in [6, 6.07) is 2.70. The molecular weight excluding hydrogens is 467 g/mol. The number of anilines is 3. The molecule has 12 heteroatoms. The van der Waals surface area contributed by atoms with Crippen molar-refractivity contribution in [2.45, 2.75) is 43.9 Å². The topological polar surface area (TPSA) is 115 Å². The van der Waals surface area contributed by atoms with Crippen LogP contribution in [0.3, 0.4) is 0 Å². The molecule has 3 aromatic rings. The predicted molar refractivity (Wildman–Crippen MR) is 125 cm³/mol. The number of alkyl halides is 1. The number of carbonyl (C=O) groups is 1. The third kappa shape index (κ3) is 4.34. The number of hydrogen-bond donors (Lipinski definition) is 3. The van der Waals surface area contributed by atoms with E-state index < -0.39 is 29.8 Å². The van der Waals surface area contributed by atoms with Crippen LogP contribution in [0.1, 0.15) is 42.2 Å². The van der Waals surface area contributed by atoms with E-state index in [4.69, 9.17) is 11.5 Å². The predicted octanol–water partition coefficient (Wildman–Crippen LogP) is 3.72. The second-order valence-corrected chi connectivity index (χ2v) is 9.64. The molecule has 3 heterocycles. The Kier molecular flexibility index (Phi) is 5.94. The number of halogens is 3. The Balaban J connectivity index is 1.42. The molecule has 2 aromatic heterocycles. The van der Waals surface area contributed by atoms with Gasteiger partial charge in [-0.1, -0.05) is 11.3 Å². The molecule has 2 atom stereocenters. The Labute approximate surface area is 197 Å². The second kappa shape index (κ2) is 8.91. The fourth-order valence-corrected chi connectivity index (χ4v) is 4.95. The minimum absolute atomic E-state index is 0.0697. The maximum atomic E-state index is 14.2. The van der Waals surface area contributed by atoms with E-state index >= 15 is 0 Å². The van der Waals surface area contributed by atoms with Crippen molar-refractivity contribution in [1.29, 1.82) is 0 Å². The van der Waals surface area contributed by atoms with Crippen molar-refractivity contribution in [2.75, 3.05) is 29.0 Å². The summed E-state index contributed by atoms with van der Waals surface area (Å²) in [6.45, 7) is 0.975. The number of carbonyl (C=O) groups excluding carboxylic acids is 1. The highest BCUT2D eigenvalue weighted by Crippen LogP contribution is 2.41. The molecule has 0 bridgehead atoms. The van der Waals surface area contributed by atoms with Crippen molar-refractivity contribution in [2.24, 2.45) is 5.73 Å². The van der Waals surface area contributed by atoms with Crippen LogP contribution < -0.4 is 21.7 Å². The largest absolute Gasteiger partial charge is 0.389 e. The minimum atomic E-state index is -1.09. The summed E-state index contributed by atoms with van der Waals surface area (Å²) in [4.78, 5) is 19.3. The molecule has 5 rings (SSSR count). The molecule has 1 amide bonds. The lowest BCUT2D eigenvalue weighted by Crippen LogP contribution is -2.31. The number of nitrogen functional groups attached to an aromatic ring is 1. The average Bonchev–Trinajstić information content (AvgIpc) is 3.50. The Morgan fingerprint density at radius 3 is 2.71 bits per heavy atom. The van der Waals surface area contributed by atoms with Gasteiger partial charge in [0, 0.05) is 24.7 Å². The molecule has 2 fully saturated rings. The summed E-state index contributed by atoms with van der Waals surface area (Å²) >= 11 is 0.897. The zero-order valence-electron chi connectivity index (χ0n) is 18.2. The van der Waals surface area contributed by atoms with Crippen molar-refractivity contribution in [3.05, 3.63) is 41.7 Å². The van der Waals surface area contributed by atoms with E-state index in [1.165, 1.54) is 0 Å². The van der Waals surface area contributed by atoms with Gasteiger partial charge in [0.05, 0.1) is 12.2 Å². The Bertz CT molecular complexity index is 1210. The van der Waals surface area contributed by atoms with Crippen LogP contribution in [0.4, 0.5) is 29.7 Å². The normalized spacial score (nSPS) is 20.9. The van der Waals surface area contributed by atoms with Crippen LogP contribution in [0.2, 0.25) is 0 Å². The van der Waals surface area contributed by atoms with Crippen molar-refractivity contribution < 1.29 is 18.0 Å². The maximum absolute atomic E-state index is 14.2. The van der Waals surface area contributed by atoms with Crippen molar-refractivity contribution in [3.63, 3.8) is 0 Å². The standard InChI is InChI=1S/C22H24F3N7OS/c23-11-1-4-14(24)13(9-11)21-30-18(19(27)34-21)20(33)29-17-10-28-32(12-2-3-12)22(17)31-7-5-15(25)16(26)6-8-31/h1,4,9-10,12,15-16H,2-3,5-8,26-27H2,(H,29,33). The molecule has 1 aromatic carbocycles. The van der Waals surface area contributed by atoms with Crippen LogP contribution >= 0.6 is 11.3 Å². The zero-order valence-corrected chi connectivity index (χ0v) is 19.0. The number of thiazole rings is 1. The van der Waals surface area contributed by atoms with E-state index in [2.05, 4.69) is 15.4 Å². The highest BCUT2D eigenvalue weighted by Gasteiger charge is 2.33. The minimum Gasteiger partial charge on any atom is -0.389 e. The molecule has 0 radical (unpaired) electrons. The molecule has 1 aliphatic heterocycles. The highest BCUT2D eigenvalue weighted by atomic mass is 32.1. The number of nitrogens with one attached hydrogen (secondary N) is 1. The lowest BCUT2D eigenvalue weighted by atomic mass is 10.1. The number of hydrogen-bond acceptors (Lipinski definition) is 7. The first kappa shape index (κ1) is 22.7. The third-order valence-corrected chi connectivity index (χ3v) is 7.03. The first-order valence-corrected chi connectivity index (χ1v) is 11.9. The third-order valence-electron chi connectivity index (χ3n) is 6.11. The number of aromatic nitrogens is 3. The number of amides is 1. The fourth-order valence-electron chi connectivity index (χ4n) is 4.10. The van der Waals surface area contributed by atoms with Crippen molar-refractivity contribution in [3.8, 4) is 10.6 Å². The van der Waals surface area contributed by atoms with Gasteiger partial charge in [0.15, 0.2) is 11.5 Å². The summed E-state index contributed by atoms with van der Waals surface area (Å²) in [5.41, 5.74) is 12.2. The van der Waals surface area contributed by atoms with E-state index in [-0.39, 0.29) is 33.7 Å². The molecule has 0 spiro atoms. The van der Waals surface area contributed by atoms with Gasteiger partial charge in [0.25, 0.3) is 5.91 Å². The van der Waals surface area contributed by atoms with Gasteiger partial charge >= 0.3 is 0 Å². The van der Waals surface area contributed by atoms with Crippen LogP contribution in [0.25, 0.3) is 10.6 Å². The number of nitrogens with two attached hydrogens (primary N) is 2. The van der Waals surface area contributed by atoms with E-state index in [9.17, 15) is 18.0 Å². The quantitative estimate of drug-likeness (QED) is 0.501. The highest BCUT2D eigenvalue weighted by molar-refractivity contribution is 7.19. The van der Waals surface area contributed by atoms with Crippen LogP contribution in [-0.4, -0.2) is 46.0 Å². The lowest BCUT2D eigenvalue weighted by Gasteiger charge is -2.25. The smallest absolute Gasteiger partial charge is 0.277 e. The van der Waals surface area contributed by atoms with Gasteiger partial charge in [-0.2, -0.15) is 5.10 Å². The van der Waals surface area contributed by atoms with Crippen molar-refractivity contribution >= 4 is 33.8 Å². The monoisotopic (exact) mass is 491 g/mol. The fraction of sp³-hybridized carbons (Fsp3) is 0.409. The van der Waals surface area contributed by atoms with Crippen LogP contribution in [-0.2, 0) is 0 Å². The summed E-state index contributed by atoms with van der Waals surface area (Å²) < 4.78 is 43.8. The number of benzene rings is 1.